The van der Waals surface area contributed by atoms with Crippen molar-refractivity contribution in [2.45, 2.75) is 6.42 Å². The van der Waals surface area contributed by atoms with Crippen LogP contribution in [0.3, 0.4) is 0 Å². The van der Waals surface area contributed by atoms with E-state index in [1.807, 2.05) is 0 Å². The smallest absolute Gasteiger partial charge is 0.317 e. The molecule has 0 fully saturated rings. The van der Waals surface area contributed by atoms with Crippen molar-refractivity contribution in [3.63, 3.8) is 0 Å². The van der Waals surface area contributed by atoms with Gasteiger partial charge in [0.2, 0.25) is 0 Å². The lowest BCUT2D eigenvalue weighted by atomic mass is 10.1. The van der Waals surface area contributed by atoms with Gasteiger partial charge >= 0.3 is 11.9 Å². The molecule has 0 unspecified atom stereocenters. The van der Waals surface area contributed by atoms with Crippen LogP contribution in [-0.2, 0) is 9.59 Å². The highest BCUT2D eigenvalue weighted by Gasteiger charge is 2.24. The number of alkyl halides is 1. The minimum atomic E-state index is -1.29. The second-order valence-electron chi connectivity index (χ2n) is 1.71. The standard InChI is InChI=1S/C5H7BrO4/c6-2-1-3(4(7)8)5(9)10/h3H,1-2H2,(H,7,8)(H,9,10). The number of carboxylic acid groups (broad SMARTS) is 2. The van der Waals surface area contributed by atoms with Crippen LogP contribution in [0.5, 0.6) is 0 Å². The predicted octanol–water partition coefficient (Wildman–Crippen LogP) is 0.557. The first-order chi connectivity index (χ1) is 4.59. The van der Waals surface area contributed by atoms with Crippen LogP contribution in [0.4, 0.5) is 0 Å². The Morgan fingerprint density at radius 3 is 1.80 bits per heavy atom. The van der Waals surface area contributed by atoms with Gasteiger partial charge < -0.3 is 10.2 Å². The molecule has 58 valence electrons. The van der Waals surface area contributed by atoms with Crippen LogP contribution in [0.25, 0.3) is 0 Å². The second kappa shape index (κ2) is 4.27. The van der Waals surface area contributed by atoms with Gasteiger partial charge in [-0.2, -0.15) is 0 Å². The first-order valence-corrected chi connectivity index (χ1v) is 3.73. The van der Waals surface area contributed by atoms with Crippen molar-refractivity contribution < 1.29 is 19.8 Å². The molecule has 2 N–H and O–H groups in total. The summed E-state index contributed by atoms with van der Waals surface area (Å²) < 4.78 is 0. The fourth-order valence-corrected chi connectivity index (χ4v) is 0.920. The van der Waals surface area contributed by atoms with Crippen molar-refractivity contribution in [3.05, 3.63) is 0 Å². The Balaban J connectivity index is 3.98. The third-order valence-electron chi connectivity index (χ3n) is 0.994. The van der Waals surface area contributed by atoms with Gasteiger partial charge in [0.1, 0.15) is 0 Å². The monoisotopic (exact) mass is 210 g/mol. The fraction of sp³-hybridized carbons (Fsp3) is 0.600. The van der Waals surface area contributed by atoms with Crippen LogP contribution in [-0.4, -0.2) is 27.5 Å². The van der Waals surface area contributed by atoms with E-state index in [9.17, 15) is 9.59 Å². The zero-order chi connectivity index (χ0) is 8.15. The van der Waals surface area contributed by atoms with Crippen LogP contribution in [0.2, 0.25) is 0 Å². The largest absolute Gasteiger partial charge is 0.481 e. The van der Waals surface area contributed by atoms with Gasteiger partial charge in [0.25, 0.3) is 0 Å². The maximum Gasteiger partial charge on any atom is 0.317 e. The predicted molar refractivity (Wildman–Crippen MR) is 37.2 cm³/mol. The molecule has 0 aliphatic carbocycles. The van der Waals surface area contributed by atoms with E-state index in [1.165, 1.54) is 0 Å². The van der Waals surface area contributed by atoms with Crippen molar-refractivity contribution in [1.29, 1.82) is 0 Å². The minimum absolute atomic E-state index is 0.116. The molecule has 0 atom stereocenters. The lowest BCUT2D eigenvalue weighted by molar-refractivity contribution is -0.154. The zero-order valence-corrected chi connectivity index (χ0v) is 6.67. The van der Waals surface area contributed by atoms with Crippen LogP contribution < -0.4 is 0 Å². The van der Waals surface area contributed by atoms with Crippen LogP contribution in [0.1, 0.15) is 6.42 Å². The summed E-state index contributed by atoms with van der Waals surface area (Å²) in [4.78, 5) is 20.3. The number of rotatable bonds is 4. The third-order valence-corrected chi connectivity index (χ3v) is 1.45. The molecule has 0 saturated heterocycles. The van der Waals surface area contributed by atoms with E-state index in [1.54, 1.807) is 0 Å². The molecular weight excluding hydrogens is 204 g/mol. The van der Waals surface area contributed by atoms with Crippen molar-refractivity contribution in [3.8, 4) is 0 Å². The second-order valence-corrected chi connectivity index (χ2v) is 2.50. The first-order valence-electron chi connectivity index (χ1n) is 2.61. The Bertz CT molecular complexity index is 131. The average Bonchev–Trinajstić information content (AvgIpc) is 1.81. The molecule has 5 heteroatoms. The van der Waals surface area contributed by atoms with Gasteiger partial charge in [-0.25, -0.2) is 0 Å². The lowest BCUT2D eigenvalue weighted by Gasteiger charge is -2.02. The van der Waals surface area contributed by atoms with E-state index >= 15 is 0 Å². The Morgan fingerprint density at radius 2 is 1.70 bits per heavy atom. The lowest BCUT2D eigenvalue weighted by Crippen LogP contribution is -2.23. The molecule has 0 saturated carbocycles. The average molecular weight is 211 g/mol. The van der Waals surface area contributed by atoms with Gasteiger partial charge in [-0.05, 0) is 6.42 Å². The third kappa shape index (κ3) is 2.82. The summed E-state index contributed by atoms with van der Waals surface area (Å²) >= 11 is 2.96. The molecule has 0 aliphatic heterocycles. The summed E-state index contributed by atoms with van der Waals surface area (Å²) in [5.41, 5.74) is 0. The van der Waals surface area contributed by atoms with Crippen molar-refractivity contribution >= 4 is 27.9 Å². The molecule has 10 heavy (non-hydrogen) atoms. The molecule has 0 aromatic rings. The molecule has 0 aromatic heterocycles. The molecule has 0 heterocycles. The number of halogens is 1. The van der Waals surface area contributed by atoms with Crippen LogP contribution in [0, 0.1) is 5.92 Å². The summed E-state index contributed by atoms with van der Waals surface area (Å²) in [7, 11) is 0. The zero-order valence-electron chi connectivity index (χ0n) is 5.08. The topological polar surface area (TPSA) is 74.6 Å². The number of carbonyl (C=O) groups is 2. The molecule has 0 aromatic carbocycles. The van der Waals surface area contributed by atoms with Gasteiger partial charge in [0.05, 0.1) is 0 Å². The van der Waals surface area contributed by atoms with Gasteiger partial charge in [-0.15, -0.1) is 0 Å². The van der Waals surface area contributed by atoms with Gasteiger partial charge in [0.15, 0.2) is 5.92 Å². The SMILES string of the molecule is O=C(O)C(CCBr)C(=O)O. The Labute approximate surface area is 66.0 Å². The molecule has 0 radical (unpaired) electrons. The Kier molecular flexibility index (Phi) is 4.02. The molecule has 0 aliphatic rings. The van der Waals surface area contributed by atoms with E-state index in [0.717, 1.165) is 0 Å². The summed E-state index contributed by atoms with van der Waals surface area (Å²) in [6.07, 6.45) is 0.116. The number of carboxylic acids is 2. The van der Waals surface area contributed by atoms with Gasteiger partial charge in [-0.1, -0.05) is 15.9 Å². The van der Waals surface area contributed by atoms with Crippen molar-refractivity contribution in [2.75, 3.05) is 5.33 Å². The normalized spacial score (nSPS) is 9.80. The van der Waals surface area contributed by atoms with Gasteiger partial charge in [-0.3, -0.25) is 9.59 Å². The summed E-state index contributed by atoms with van der Waals surface area (Å²) in [6, 6.07) is 0. The van der Waals surface area contributed by atoms with E-state index < -0.39 is 17.9 Å². The van der Waals surface area contributed by atoms with Crippen molar-refractivity contribution in [1.82, 2.24) is 0 Å². The summed E-state index contributed by atoms with van der Waals surface area (Å²) in [5, 5.41) is 16.9. The molecule has 0 rings (SSSR count). The highest BCUT2D eigenvalue weighted by molar-refractivity contribution is 9.09. The number of hydrogen-bond donors (Lipinski definition) is 2. The van der Waals surface area contributed by atoms with Crippen LogP contribution in [0.15, 0.2) is 0 Å². The molecular formula is C5H7BrO4. The summed E-state index contributed by atoms with van der Waals surface area (Å²) in [6.45, 7) is 0. The minimum Gasteiger partial charge on any atom is -0.481 e. The van der Waals surface area contributed by atoms with Crippen LogP contribution >= 0.6 is 15.9 Å². The molecule has 4 nitrogen and oxygen atoms in total. The van der Waals surface area contributed by atoms with Crippen molar-refractivity contribution in [2.24, 2.45) is 5.92 Å². The van der Waals surface area contributed by atoms with E-state index in [-0.39, 0.29) is 6.42 Å². The maximum absolute atomic E-state index is 10.1. The van der Waals surface area contributed by atoms with E-state index in [0.29, 0.717) is 5.33 Å². The Hall–Kier alpha value is -0.580. The quantitative estimate of drug-likeness (QED) is 0.526. The maximum atomic E-state index is 10.1. The van der Waals surface area contributed by atoms with Gasteiger partial charge in [0, 0.05) is 5.33 Å². The fourth-order valence-electron chi connectivity index (χ4n) is 0.462. The highest BCUT2D eigenvalue weighted by Crippen LogP contribution is 2.05. The molecule has 0 spiro atoms. The summed E-state index contributed by atoms with van der Waals surface area (Å²) in [5.74, 6) is -3.85. The van der Waals surface area contributed by atoms with E-state index in [4.69, 9.17) is 10.2 Å². The molecule has 0 amide bonds. The Morgan fingerprint density at radius 1 is 1.30 bits per heavy atom. The van der Waals surface area contributed by atoms with E-state index in [2.05, 4.69) is 15.9 Å². The molecule has 0 bridgehead atoms. The highest BCUT2D eigenvalue weighted by atomic mass is 79.9. The first kappa shape index (κ1) is 9.42. The number of aliphatic carboxylic acids is 2. The number of hydrogen-bond acceptors (Lipinski definition) is 2.